The SMILES string of the molecule is CCc1cc(C(C)(C)N)ccc1F. The van der Waals surface area contributed by atoms with Crippen LogP contribution in [0.25, 0.3) is 0 Å². The van der Waals surface area contributed by atoms with E-state index in [0.29, 0.717) is 6.42 Å². The molecule has 0 bridgehead atoms. The average Bonchev–Trinajstić information content (AvgIpc) is 2.03. The summed E-state index contributed by atoms with van der Waals surface area (Å²) < 4.78 is 13.1. The molecule has 2 N–H and O–H groups in total. The van der Waals surface area contributed by atoms with E-state index in [2.05, 4.69) is 0 Å². The second kappa shape index (κ2) is 3.46. The number of rotatable bonds is 2. The van der Waals surface area contributed by atoms with Crippen molar-refractivity contribution in [3.8, 4) is 0 Å². The standard InChI is InChI=1S/C11H16FN/c1-4-8-7-9(11(2,3)13)5-6-10(8)12/h5-7H,4,13H2,1-3H3. The third-order valence-corrected chi connectivity index (χ3v) is 2.17. The molecule has 0 amide bonds. The van der Waals surface area contributed by atoms with Gasteiger partial charge in [-0.05, 0) is 37.5 Å². The summed E-state index contributed by atoms with van der Waals surface area (Å²) in [6.07, 6.45) is 0.704. The predicted molar refractivity (Wildman–Crippen MR) is 53.0 cm³/mol. The fourth-order valence-electron chi connectivity index (χ4n) is 1.25. The van der Waals surface area contributed by atoms with E-state index < -0.39 is 5.54 Å². The lowest BCUT2D eigenvalue weighted by molar-refractivity contribution is 0.548. The summed E-state index contributed by atoms with van der Waals surface area (Å²) in [4.78, 5) is 0. The van der Waals surface area contributed by atoms with Gasteiger partial charge in [0.25, 0.3) is 0 Å². The molecule has 0 aliphatic carbocycles. The highest BCUT2D eigenvalue weighted by molar-refractivity contribution is 5.29. The molecule has 0 saturated carbocycles. The zero-order valence-corrected chi connectivity index (χ0v) is 8.39. The molecule has 72 valence electrons. The minimum Gasteiger partial charge on any atom is -0.322 e. The minimum atomic E-state index is -0.391. The molecule has 0 spiro atoms. The van der Waals surface area contributed by atoms with Crippen LogP contribution in [-0.2, 0) is 12.0 Å². The summed E-state index contributed by atoms with van der Waals surface area (Å²) in [7, 11) is 0. The first-order valence-electron chi connectivity index (χ1n) is 4.53. The lowest BCUT2D eigenvalue weighted by Crippen LogP contribution is -2.28. The Morgan fingerprint density at radius 2 is 2.00 bits per heavy atom. The zero-order chi connectivity index (χ0) is 10.1. The highest BCUT2D eigenvalue weighted by Crippen LogP contribution is 2.20. The van der Waals surface area contributed by atoms with E-state index in [0.717, 1.165) is 11.1 Å². The molecule has 0 heterocycles. The average molecular weight is 181 g/mol. The molecule has 1 aromatic rings. The van der Waals surface area contributed by atoms with Crippen LogP contribution >= 0.6 is 0 Å². The first-order chi connectivity index (χ1) is 5.95. The van der Waals surface area contributed by atoms with Gasteiger partial charge in [0.1, 0.15) is 5.82 Å². The van der Waals surface area contributed by atoms with Crippen molar-refractivity contribution >= 4 is 0 Å². The Morgan fingerprint density at radius 1 is 1.38 bits per heavy atom. The van der Waals surface area contributed by atoms with Crippen molar-refractivity contribution in [1.29, 1.82) is 0 Å². The second-order valence-electron chi connectivity index (χ2n) is 3.88. The van der Waals surface area contributed by atoms with Crippen molar-refractivity contribution in [1.82, 2.24) is 0 Å². The maximum Gasteiger partial charge on any atom is 0.126 e. The van der Waals surface area contributed by atoms with E-state index in [1.807, 2.05) is 26.8 Å². The van der Waals surface area contributed by atoms with E-state index in [9.17, 15) is 4.39 Å². The van der Waals surface area contributed by atoms with Gasteiger partial charge in [0.15, 0.2) is 0 Å². The number of hydrogen-bond acceptors (Lipinski definition) is 1. The molecule has 0 unspecified atom stereocenters. The Morgan fingerprint density at radius 3 is 2.46 bits per heavy atom. The molecule has 1 nitrogen and oxygen atoms in total. The van der Waals surface area contributed by atoms with Crippen molar-refractivity contribution in [2.45, 2.75) is 32.7 Å². The highest BCUT2D eigenvalue weighted by Gasteiger charge is 2.15. The van der Waals surface area contributed by atoms with Gasteiger partial charge in [0.2, 0.25) is 0 Å². The zero-order valence-electron chi connectivity index (χ0n) is 8.39. The lowest BCUT2D eigenvalue weighted by Gasteiger charge is -2.19. The van der Waals surface area contributed by atoms with Crippen LogP contribution in [0, 0.1) is 5.82 Å². The molecule has 0 aliphatic rings. The van der Waals surface area contributed by atoms with Crippen molar-refractivity contribution in [3.05, 3.63) is 35.1 Å². The van der Waals surface area contributed by atoms with Crippen molar-refractivity contribution in [3.63, 3.8) is 0 Å². The van der Waals surface area contributed by atoms with E-state index in [1.165, 1.54) is 6.07 Å². The Labute approximate surface area is 78.8 Å². The summed E-state index contributed by atoms with van der Waals surface area (Å²) in [6, 6.07) is 5.08. The van der Waals surface area contributed by atoms with Crippen LogP contribution in [0.4, 0.5) is 4.39 Å². The van der Waals surface area contributed by atoms with Gasteiger partial charge in [-0.3, -0.25) is 0 Å². The van der Waals surface area contributed by atoms with Gasteiger partial charge in [0, 0.05) is 5.54 Å². The molecule has 0 fully saturated rings. The number of nitrogens with two attached hydrogens (primary N) is 1. The molecular weight excluding hydrogens is 165 g/mol. The Balaban J connectivity index is 3.14. The van der Waals surface area contributed by atoms with Crippen molar-refractivity contribution in [2.24, 2.45) is 5.73 Å². The normalized spacial score (nSPS) is 11.8. The van der Waals surface area contributed by atoms with Crippen LogP contribution in [0.15, 0.2) is 18.2 Å². The quantitative estimate of drug-likeness (QED) is 0.745. The minimum absolute atomic E-state index is 0.143. The third kappa shape index (κ3) is 2.28. The fraction of sp³-hybridized carbons (Fsp3) is 0.455. The monoisotopic (exact) mass is 181 g/mol. The van der Waals surface area contributed by atoms with Gasteiger partial charge in [-0.15, -0.1) is 0 Å². The van der Waals surface area contributed by atoms with Crippen LogP contribution in [0.5, 0.6) is 0 Å². The smallest absolute Gasteiger partial charge is 0.126 e. The van der Waals surface area contributed by atoms with Gasteiger partial charge >= 0.3 is 0 Å². The molecule has 0 aromatic heterocycles. The third-order valence-electron chi connectivity index (χ3n) is 2.17. The van der Waals surface area contributed by atoms with Crippen LogP contribution in [-0.4, -0.2) is 0 Å². The number of aryl methyl sites for hydroxylation is 1. The van der Waals surface area contributed by atoms with Gasteiger partial charge in [-0.1, -0.05) is 19.1 Å². The predicted octanol–water partition coefficient (Wildman–Crippen LogP) is 2.58. The topological polar surface area (TPSA) is 26.0 Å². The van der Waals surface area contributed by atoms with E-state index >= 15 is 0 Å². The number of benzene rings is 1. The van der Waals surface area contributed by atoms with E-state index in [-0.39, 0.29) is 5.82 Å². The van der Waals surface area contributed by atoms with Crippen molar-refractivity contribution < 1.29 is 4.39 Å². The molecule has 1 rings (SSSR count). The summed E-state index contributed by atoms with van der Waals surface area (Å²) in [5, 5.41) is 0. The molecule has 0 atom stereocenters. The number of hydrogen-bond donors (Lipinski definition) is 1. The molecule has 13 heavy (non-hydrogen) atoms. The van der Waals surface area contributed by atoms with Crippen LogP contribution in [0.2, 0.25) is 0 Å². The van der Waals surface area contributed by atoms with Crippen LogP contribution < -0.4 is 5.73 Å². The van der Waals surface area contributed by atoms with E-state index in [4.69, 9.17) is 5.73 Å². The van der Waals surface area contributed by atoms with Crippen LogP contribution in [0.3, 0.4) is 0 Å². The molecule has 1 aromatic carbocycles. The molecule has 0 aliphatic heterocycles. The van der Waals surface area contributed by atoms with Gasteiger partial charge in [-0.25, -0.2) is 4.39 Å². The molecular formula is C11H16FN. The number of halogens is 1. The molecule has 2 heteroatoms. The van der Waals surface area contributed by atoms with Crippen molar-refractivity contribution in [2.75, 3.05) is 0 Å². The largest absolute Gasteiger partial charge is 0.322 e. The Hall–Kier alpha value is -0.890. The fourth-order valence-corrected chi connectivity index (χ4v) is 1.25. The Kier molecular flexibility index (Phi) is 2.71. The summed E-state index contributed by atoms with van der Waals surface area (Å²) in [5.74, 6) is -0.143. The van der Waals surface area contributed by atoms with E-state index in [1.54, 1.807) is 6.07 Å². The summed E-state index contributed by atoms with van der Waals surface area (Å²) in [5.41, 5.74) is 7.23. The van der Waals surface area contributed by atoms with Crippen LogP contribution in [0.1, 0.15) is 31.9 Å². The Bertz CT molecular complexity index is 299. The maximum atomic E-state index is 13.1. The highest BCUT2D eigenvalue weighted by atomic mass is 19.1. The second-order valence-corrected chi connectivity index (χ2v) is 3.88. The van der Waals surface area contributed by atoms with Gasteiger partial charge in [0.05, 0.1) is 0 Å². The molecule has 0 saturated heterocycles. The maximum absolute atomic E-state index is 13.1. The lowest BCUT2D eigenvalue weighted by atomic mass is 9.93. The molecule has 0 radical (unpaired) electrons. The summed E-state index contributed by atoms with van der Waals surface area (Å²) >= 11 is 0. The van der Waals surface area contributed by atoms with Gasteiger partial charge < -0.3 is 5.73 Å². The first-order valence-corrected chi connectivity index (χ1v) is 4.53. The first kappa shape index (κ1) is 10.2. The van der Waals surface area contributed by atoms with Gasteiger partial charge in [-0.2, -0.15) is 0 Å². The summed E-state index contributed by atoms with van der Waals surface area (Å²) in [6.45, 7) is 5.77.